The standard InChI is InChI=1S/C24H22ClNO3/c25-17-11-9-16(10-12-17)13-18(14-27)26-24(28)29-15-23-21-7-3-1-5-19(21)20-6-2-4-8-22(20)23/h1-12,18,23,27H,13-15H2,(H,26,28). The van der Waals surface area contributed by atoms with Crippen LogP contribution in [0.5, 0.6) is 0 Å². The van der Waals surface area contributed by atoms with Crippen molar-refractivity contribution in [3.63, 3.8) is 0 Å². The fraction of sp³-hybridized carbons (Fsp3) is 0.208. The maximum absolute atomic E-state index is 12.4. The zero-order chi connectivity index (χ0) is 20.2. The third-order valence-corrected chi connectivity index (χ3v) is 5.53. The fourth-order valence-corrected chi connectivity index (χ4v) is 4.00. The van der Waals surface area contributed by atoms with Crippen molar-refractivity contribution in [2.45, 2.75) is 18.4 Å². The lowest BCUT2D eigenvalue weighted by atomic mass is 9.98. The zero-order valence-electron chi connectivity index (χ0n) is 15.8. The number of ether oxygens (including phenoxy) is 1. The number of fused-ring (bicyclic) bond motifs is 3. The van der Waals surface area contributed by atoms with Gasteiger partial charge in [0.1, 0.15) is 6.61 Å². The van der Waals surface area contributed by atoms with E-state index < -0.39 is 12.1 Å². The molecule has 0 saturated carbocycles. The lowest BCUT2D eigenvalue weighted by molar-refractivity contribution is 0.132. The summed E-state index contributed by atoms with van der Waals surface area (Å²) in [7, 11) is 0. The molecule has 3 aromatic rings. The highest BCUT2D eigenvalue weighted by molar-refractivity contribution is 6.30. The first-order valence-corrected chi connectivity index (χ1v) is 10.0. The maximum atomic E-state index is 12.4. The van der Waals surface area contributed by atoms with Crippen LogP contribution in [0.15, 0.2) is 72.8 Å². The van der Waals surface area contributed by atoms with E-state index >= 15 is 0 Å². The Morgan fingerprint density at radius 2 is 1.55 bits per heavy atom. The van der Waals surface area contributed by atoms with Crippen LogP contribution < -0.4 is 5.32 Å². The molecule has 0 saturated heterocycles. The van der Waals surface area contributed by atoms with E-state index in [0.29, 0.717) is 11.4 Å². The van der Waals surface area contributed by atoms with Gasteiger partial charge in [-0.1, -0.05) is 72.3 Å². The Morgan fingerprint density at radius 3 is 2.14 bits per heavy atom. The van der Waals surface area contributed by atoms with Crippen molar-refractivity contribution in [3.05, 3.63) is 94.5 Å². The summed E-state index contributed by atoms with van der Waals surface area (Å²) in [5.41, 5.74) is 5.69. The number of aliphatic hydroxyl groups excluding tert-OH is 1. The zero-order valence-corrected chi connectivity index (χ0v) is 16.6. The molecular weight excluding hydrogens is 386 g/mol. The number of rotatable bonds is 6. The summed E-state index contributed by atoms with van der Waals surface area (Å²) in [6.45, 7) is 0.0752. The second kappa shape index (κ2) is 8.68. The molecule has 0 aromatic heterocycles. The lowest BCUT2D eigenvalue weighted by Gasteiger charge is -2.18. The van der Waals surface area contributed by atoms with Crippen LogP contribution in [-0.2, 0) is 11.2 Å². The van der Waals surface area contributed by atoms with E-state index in [4.69, 9.17) is 16.3 Å². The maximum Gasteiger partial charge on any atom is 0.407 e. The van der Waals surface area contributed by atoms with Crippen molar-refractivity contribution < 1.29 is 14.6 Å². The van der Waals surface area contributed by atoms with Gasteiger partial charge in [0.2, 0.25) is 0 Å². The monoisotopic (exact) mass is 407 g/mol. The minimum absolute atomic E-state index is 0.0111. The van der Waals surface area contributed by atoms with Gasteiger partial charge in [0.05, 0.1) is 12.6 Å². The molecule has 0 bridgehead atoms. The Morgan fingerprint density at radius 1 is 0.966 bits per heavy atom. The smallest absolute Gasteiger partial charge is 0.407 e. The van der Waals surface area contributed by atoms with Gasteiger partial charge in [-0.2, -0.15) is 0 Å². The molecule has 5 heteroatoms. The molecule has 148 valence electrons. The van der Waals surface area contributed by atoms with Crippen molar-refractivity contribution >= 4 is 17.7 Å². The van der Waals surface area contributed by atoms with E-state index in [1.807, 2.05) is 36.4 Å². The van der Waals surface area contributed by atoms with Crippen LogP contribution in [0.2, 0.25) is 5.02 Å². The van der Waals surface area contributed by atoms with Gasteiger partial charge in [0, 0.05) is 10.9 Å². The molecule has 1 aliphatic rings. The fourth-order valence-electron chi connectivity index (χ4n) is 3.87. The molecule has 0 spiro atoms. The van der Waals surface area contributed by atoms with Gasteiger partial charge in [-0.3, -0.25) is 0 Å². The number of aliphatic hydroxyl groups is 1. The Hall–Kier alpha value is -2.82. The number of amides is 1. The lowest BCUT2D eigenvalue weighted by Crippen LogP contribution is -2.39. The first-order chi connectivity index (χ1) is 14.2. The summed E-state index contributed by atoms with van der Waals surface area (Å²) in [5, 5.41) is 13.0. The number of carbonyl (C=O) groups is 1. The van der Waals surface area contributed by atoms with Crippen molar-refractivity contribution in [1.29, 1.82) is 0 Å². The van der Waals surface area contributed by atoms with Crippen LogP contribution in [0.4, 0.5) is 4.79 Å². The van der Waals surface area contributed by atoms with Gasteiger partial charge in [-0.25, -0.2) is 4.79 Å². The second-order valence-electron chi connectivity index (χ2n) is 7.18. The molecule has 4 rings (SSSR count). The average Bonchev–Trinajstić information content (AvgIpc) is 3.07. The molecule has 29 heavy (non-hydrogen) atoms. The summed E-state index contributed by atoms with van der Waals surface area (Å²) < 4.78 is 5.55. The number of halogens is 1. The van der Waals surface area contributed by atoms with Crippen LogP contribution in [0, 0.1) is 0 Å². The quantitative estimate of drug-likeness (QED) is 0.618. The van der Waals surface area contributed by atoms with Crippen LogP contribution >= 0.6 is 11.6 Å². The average molecular weight is 408 g/mol. The van der Waals surface area contributed by atoms with Gasteiger partial charge in [-0.15, -0.1) is 0 Å². The van der Waals surface area contributed by atoms with Gasteiger partial charge < -0.3 is 15.2 Å². The number of alkyl carbamates (subject to hydrolysis) is 1. The molecule has 1 atom stereocenters. The molecule has 3 aromatic carbocycles. The SMILES string of the molecule is O=C(NC(CO)Cc1ccc(Cl)cc1)OCC1c2ccccc2-c2ccccc21. The van der Waals surface area contributed by atoms with Crippen molar-refractivity contribution in [2.75, 3.05) is 13.2 Å². The molecule has 1 aliphatic carbocycles. The predicted molar refractivity (Wildman–Crippen MR) is 114 cm³/mol. The summed E-state index contributed by atoms with van der Waals surface area (Å²) in [5.74, 6) is 0.0111. The van der Waals surface area contributed by atoms with E-state index in [2.05, 4.69) is 29.6 Å². The van der Waals surface area contributed by atoms with Gasteiger partial charge in [0.25, 0.3) is 0 Å². The van der Waals surface area contributed by atoms with Crippen LogP contribution in [0.25, 0.3) is 11.1 Å². The first kappa shape index (κ1) is 19.5. The van der Waals surface area contributed by atoms with Crippen LogP contribution in [0.3, 0.4) is 0 Å². The minimum atomic E-state index is -0.528. The van der Waals surface area contributed by atoms with Gasteiger partial charge in [-0.05, 0) is 46.4 Å². The Kier molecular flexibility index (Phi) is 5.84. The highest BCUT2D eigenvalue weighted by Crippen LogP contribution is 2.44. The molecule has 0 fully saturated rings. The number of hydrogen-bond acceptors (Lipinski definition) is 3. The highest BCUT2D eigenvalue weighted by Gasteiger charge is 2.29. The molecule has 0 aliphatic heterocycles. The van der Waals surface area contributed by atoms with Crippen LogP contribution in [-0.4, -0.2) is 30.5 Å². The third kappa shape index (κ3) is 4.29. The highest BCUT2D eigenvalue weighted by atomic mass is 35.5. The Balaban J connectivity index is 1.40. The van der Waals surface area contributed by atoms with E-state index in [0.717, 1.165) is 5.56 Å². The topological polar surface area (TPSA) is 58.6 Å². The van der Waals surface area contributed by atoms with Gasteiger partial charge >= 0.3 is 6.09 Å². The number of benzene rings is 3. The minimum Gasteiger partial charge on any atom is -0.449 e. The molecule has 0 radical (unpaired) electrons. The van der Waals surface area contributed by atoms with E-state index in [1.54, 1.807) is 12.1 Å². The first-order valence-electron chi connectivity index (χ1n) is 9.62. The number of nitrogens with one attached hydrogen (secondary N) is 1. The third-order valence-electron chi connectivity index (χ3n) is 5.28. The van der Waals surface area contributed by atoms with Crippen molar-refractivity contribution in [2.24, 2.45) is 0 Å². The molecule has 2 N–H and O–H groups in total. The Labute approximate surface area is 175 Å². The molecule has 1 unspecified atom stereocenters. The van der Waals surface area contributed by atoms with E-state index in [1.165, 1.54) is 22.3 Å². The summed E-state index contributed by atoms with van der Waals surface area (Å²) in [6.07, 6.45) is -0.0300. The predicted octanol–water partition coefficient (Wildman–Crippen LogP) is 4.78. The second-order valence-corrected chi connectivity index (χ2v) is 7.62. The molecule has 4 nitrogen and oxygen atoms in total. The van der Waals surface area contributed by atoms with Crippen molar-refractivity contribution in [1.82, 2.24) is 5.32 Å². The largest absolute Gasteiger partial charge is 0.449 e. The van der Waals surface area contributed by atoms with E-state index in [-0.39, 0.29) is 19.1 Å². The van der Waals surface area contributed by atoms with Crippen LogP contribution in [0.1, 0.15) is 22.6 Å². The van der Waals surface area contributed by atoms with E-state index in [9.17, 15) is 9.90 Å². The molecular formula is C24H22ClNO3. The summed E-state index contributed by atoms with van der Waals surface area (Å²) >= 11 is 5.90. The molecule has 1 amide bonds. The normalized spacial score (nSPS) is 13.4. The summed E-state index contributed by atoms with van der Waals surface area (Å²) in [6, 6.07) is 23.3. The van der Waals surface area contributed by atoms with Gasteiger partial charge in [0.15, 0.2) is 0 Å². The van der Waals surface area contributed by atoms with Crippen molar-refractivity contribution in [3.8, 4) is 11.1 Å². The number of hydrogen-bond donors (Lipinski definition) is 2. The summed E-state index contributed by atoms with van der Waals surface area (Å²) in [4.78, 5) is 12.4. The Bertz CT molecular complexity index is 958. The number of carbonyl (C=O) groups excluding carboxylic acids is 1. The molecule has 0 heterocycles.